The quantitative estimate of drug-likeness (QED) is 0.609. The number of anilines is 3. The van der Waals surface area contributed by atoms with Crippen molar-refractivity contribution in [3.8, 4) is 11.5 Å². The second-order valence-electron chi connectivity index (χ2n) is 5.89. The first kappa shape index (κ1) is 18.8. The molecule has 7 heteroatoms. The van der Waals surface area contributed by atoms with Crippen LogP contribution in [-0.2, 0) is 6.54 Å². The average Bonchev–Trinajstić information content (AvgIpc) is 2.66. The maximum absolute atomic E-state index is 6.18. The lowest BCUT2D eigenvalue weighted by atomic mass is 10.2. The van der Waals surface area contributed by atoms with Crippen molar-refractivity contribution in [3.05, 3.63) is 64.8 Å². The summed E-state index contributed by atoms with van der Waals surface area (Å²) >= 11 is 6.18. The summed E-state index contributed by atoms with van der Waals surface area (Å²) in [6.07, 6.45) is 0. The molecule has 0 unspecified atom stereocenters. The van der Waals surface area contributed by atoms with Gasteiger partial charge < -0.3 is 20.1 Å². The van der Waals surface area contributed by atoms with E-state index in [-0.39, 0.29) is 0 Å². The number of ether oxygens (including phenoxy) is 2. The number of benzene rings is 2. The Bertz CT molecular complexity index is 916. The van der Waals surface area contributed by atoms with Crippen LogP contribution in [0.15, 0.2) is 48.5 Å². The molecule has 1 aromatic heterocycles. The van der Waals surface area contributed by atoms with Gasteiger partial charge in [0.15, 0.2) is 0 Å². The number of halogens is 1. The van der Waals surface area contributed by atoms with E-state index < -0.39 is 0 Å². The molecule has 6 nitrogen and oxygen atoms in total. The number of methoxy groups -OCH3 is 2. The van der Waals surface area contributed by atoms with Gasteiger partial charge in [0, 0.05) is 24.0 Å². The zero-order valence-electron chi connectivity index (χ0n) is 15.4. The third kappa shape index (κ3) is 5.01. The van der Waals surface area contributed by atoms with E-state index in [0.717, 1.165) is 22.7 Å². The lowest BCUT2D eigenvalue weighted by Crippen LogP contribution is -2.06. The lowest BCUT2D eigenvalue weighted by molar-refractivity contribution is 0.414. The van der Waals surface area contributed by atoms with Crippen LogP contribution in [0, 0.1) is 6.92 Å². The second-order valence-corrected chi connectivity index (χ2v) is 6.30. The van der Waals surface area contributed by atoms with E-state index >= 15 is 0 Å². The van der Waals surface area contributed by atoms with E-state index in [1.807, 2.05) is 49.4 Å². The Morgan fingerprint density at radius 2 is 1.74 bits per heavy atom. The van der Waals surface area contributed by atoms with Crippen LogP contribution in [0.3, 0.4) is 0 Å². The zero-order chi connectivity index (χ0) is 19.2. The van der Waals surface area contributed by atoms with E-state index in [9.17, 15) is 0 Å². The number of aryl methyl sites for hydroxylation is 1. The number of nitrogens with zero attached hydrogens (tertiary/aromatic N) is 2. The van der Waals surface area contributed by atoms with Crippen LogP contribution in [-0.4, -0.2) is 24.2 Å². The number of aromatic nitrogens is 2. The molecule has 0 saturated carbocycles. The summed E-state index contributed by atoms with van der Waals surface area (Å²) in [4.78, 5) is 8.95. The third-order valence-corrected chi connectivity index (χ3v) is 4.18. The molecule has 0 radical (unpaired) electrons. The standard InChI is InChI=1S/C20H21ClN4O2/c1-13-10-19(24-15-6-9-18(27-3)17(21)11-15)25-20(23-13)22-12-14-4-7-16(26-2)8-5-14/h4-11H,12H2,1-3H3,(H2,22,23,24,25). The molecule has 0 bridgehead atoms. The summed E-state index contributed by atoms with van der Waals surface area (Å²) in [6, 6.07) is 15.2. The SMILES string of the molecule is COc1ccc(CNc2nc(C)cc(Nc3ccc(OC)c(Cl)c3)n2)cc1. The van der Waals surface area contributed by atoms with Gasteiger partial charge in [0.05, 0.1) is 19.2 Å². The molecule has 27 heavy (non-hydrogen) atoms. The minimum absolute atomic E-state index is 0.533. The Morgan fingerprint density at radius 3 is 2.41 bits per heavy atom. The van der Waals surface area contributed by atoms with Crippen molar-refractivity contribution in [2.24, 2.45) is 0 Å². The monoisotopic (exact) mass is 384 g/mol. The van der Waals surface area contributed by atoms with Gasteiger partial charge in [-0.2, -0.15) is 4.98 Å². The molecule has 0 fully saturated rings. The topological polar surface area (TPSA) is 68.3 Å². The third-order valence-electron chi connectivity index (χ3n) is 3.89. The molecule has 1 heterocycles. The molecular weight excluding hydrogens is 364 g/mol. The van der Waals surface area contributed by atoms with Crippen LogP contribution < -0.4 is 20.1 Å². The molecule has 0 atom stereocenters. The fourth-order valence-corrected chi connectivity index (χ4v) is 2.79. The highest BCUT2D eigenvalue weighted by molar-refractivity contribution is 6.32. The zero-order valence-corrected chi connectivity index (χ0v) is 16.2. The molecule has 0 aliphatic rings. The van der Waals surface area contributed by atoms with Crippen molar-refractivity contribution in [2.75, 3.05) is 24.9 Å². The van der Waals surface area contributed by atoms with Gasteiger partial charge in [-0.05, 0) is 42.8 Å². The van der Waals surface area contributed by atoms with E-state index in [1.165, 1.54) is 0 Å². The molecule has 3 aromatic rings. The molecule has 140 valence electrons. The maximum atomic E-state index is 6.18. The summed E-state index contributed by atoms with van der Waals surface area (Å²) in [5.41, 5.74) is 2.78. The number of hydrogen-bond acceptors (Lipinski definition) is 6. The van der Waals surface area contributed by atoms with Crippen LogP contribution in [0.5, 0.6) is 11.5 Å². The van der Waals surface area contributed by atoms with Gasteiger partial charge in [-0.25, -0.2) is 4.98 Å². The summed E-state index contributed by atoms with van der Waals surface area (Å²) in [6.45, 7) is 2.54. The van der Waals surface area contributed by atoms with Gasteiger partial charge in [-0.3, -0.25) is 0 Å². The van der Waals surface area contributed by atoms with Crippen LogP contribution in [0.4, 0.5) is 17.5 Å². The Hall–Kier alpha value is -2.99. The lowest BCUT2D eigenvalue weighted by Gasteiger charge is -2.11. The number of hydrogen-bond donors (Lipinski definition) is 2. The molecule has 0 spiro atoms. The Balaban J connectivity index is 1.70. The van der Waals surface area contributed by atoms with Crippen molar-refractivity contribution in [1.82, 2.24) is 9.97 Å². The fourth-order valence-electron chi connectivity index (χ4n) is 2.53. The van der Waals surface area contributed by atoms with Gasteiger partial charge in [0.25, 0.3) is 0 Å². The van der Waals surface area contributed by atoms with Gasteiger partial charge in [-0.1, -0.05) is 23.7 Å². The van der Waals surface area contributed by atoms with E-state index in [0.29, 0.717) is 29.1 Å². The van der Waals surface area contributed by atoms with E-state index in [4.69, 9.17) is 21.1 Å². The number of nitrogens with one attached hydrogen (secondary N) is 2. The van der Waals surface area contributed by atoms with Crippen molar-refractivity contribution in [1.29, 1.82) is 0 Å². The average molecular weight is 385 g/mol. The first-order valence-electron chi connectivity index (χ1n) is 8.40. The molecule has 0 amide bonds. The van der Waals surface area contributed by atoms with Gasteiger partial charge in [0.1, 0.15) is 17.3 Å². The largest absolute Gasteiger partial charge is 0.497 e. The van der Waals surface area contributed by atoms with Crippen LogP contribution >= 0.6 is 11.6 Å². The Morgan fingerprint density at radius 1 is 0.963 bits per heavy atom. The molecular formula is C20H21ClN4O2. The minimum Gasteiger partial charge on any atom is -0.497 e. The van der Waals surface area contributed by atoms with E-state index in [1.54, 1.807) is 20.3 Å². The van der Waals surface area contributed by atoms with Crippen LogP contribution in [0.2, 0.25) is 5.02 Å². The Labute approximate surface area is 163 Å². The summed E-state index contributed by atoms with van der Waals surface area (Å²) in [7, 11) is 3.24. The number of rotatable bonds is 7. The van der Waals surface area contributed by atoms with Crippen molar-refractivity contribution in [3.63, 3.8) is 0 Å². The molecule has 3 rings (SSSR count). The van der Waals surface area contributed by atoms with Crippen LogP contribution in [0.25, 0.3) is 0 Å². The van der Waals surface area contributed by atoms with Crippen molar-refractivity contribution < 1.29 is 9.47 Å². The molecule has 2 N–H and O–H groups in total. The highest BCUT2D eigenvalue weighted by Gasteiger charge is 2.06. The van der Waals surface area contributed by atoms with Crippen molar-refractivity contribution in [2.45, 2.75) is 13.5 Å². The van der Waals surface area contributed by atoms with Gasteiger partial charge in [-0.15, -0.1) is 0 Å². The van der Waals surface area contributed by atoms with Gasteiger partial charge in [0.2, 0.25) is 5.95 Å². The molecule has 2 aromatic carbocycles. The minimum atomic E-state index is 0.533. The molecule has 0 aliphatic carbocycles. The van der Waals surface area contributed by atoms with Crippen molar-refractivity contribution >= 4 is 29.1 Å². The molecule has 0 aliphatic heterocycles. The smallest absolute Gasteiger partial charge is 0.225 e. The summed E-state index contributed by atoms with van der Waals surface area (Å²) in [5.74, 6) is 2.69. The fraction of sp³-hybridized carbons (Fsp3) is 0.200. The normalized spacial score (nSPS) is 10.4. The van der Waals surface area contributed by atoms with Crippen LogP contribution in [0.1, 0.15) is 11.3 Å². The first-order chi connectivity index (χ1) is 13.1. The predicted molar refractivity (Wildman–Crippen MR) is 108 cm³/mol. The summed E-state index contributed by atoms with van der Waals surface area (Å²) < 4.78 is 10.3. The predicted octanol–water partition coefficient (Wildman–Crippen LogP) is 4.81. The summed E-state index contributed by atoms with van der Waals surface area (Å²) in [5, 5.41) is 7.02. The van der Waals surface area contributed by atoms with E-state index in [2.05, 4.69) is 20.6 Å². The molecule has 0 saturated heterocycles. The Kier molecular flexibility index (Phi) is 5.98. The highest BCUT2D eigenvalue weighted by Crippen LogP contribution is 2.28. The second kappa shape index (κ2) is 8.60. The maximum Gasteiger partial charge on any atom is 0.225 e. The first-order valence-corrected chi connectivity index (χ1v) is 8.78. The highest BCUT2D eigenvalue weighted by atomic mass is 35.5. The van der Waals surface area contributed by atoms with Gasteiger partial charge >= 0.3 is 0 Å².